The van der Waals surface area contributed by atoms with Gasteiger partial charge in [-0.05, 0) is 56.0 Å². The second-order valence-corrected chi connectivity index (χ2v) is 9.55. The van der Waals surface area contributed by atoms with Crippen molar-refractivity contribution in [3.05, 3.63) is 53.1 Å². The molecule has 4 rings (SSSR count). The first kappa shape index (κ1) is 21.0. The van der Waals surface area contributed by atoms with Gasteiger partial charge in [-0.15, -0.1) is 0 Å². The molecule has 160 valence electrons. The Morgan fingerprint density at radius 1 is 1.29 bits per heavy atom. The standard InChI is InChI=1S/C22H22N4O4S/c1-13(2)29-20-10-7-14(11-15(20)12-23)22-24-21(25-30-22)18-6-4-5-17-16(18)8-9-19(17)26-31(3,27)28/h4-7,10-11,13,19,26H,8-9H2,1-3H3. The van der Waals surface area contributed by atoms with Crippen molar-refractivity contribution in [1.29, 1.82) is 5.26 Å². The number of nitriles is 1. The topological polar surface area (TPSA) is 118 Å². The van der Waals surface area contributed by atoms with Crippen LogP contribution in [0.1, 0.15) is 43.0 Å². The van der Waals surface area contributed by atoms with Gasteiger partial charge in [-0.2, -0.15) is 10.2 Å². The normalized spacial score (nSPS) is 15.6. The maximum Gasteiger partial charge on any atom is 0.258 e. The van der Waals surface area contributed by atoms with Gasteiger partial charge in [-0.1, -0.05) is 23.4 Å². The number of nitrogens with zero attached hydrogens (tertiary/aromatic N) is 3. The van der Waals surface area contributed by atoms with Crippen LogP contribution >= 0.6 is 0 Å². The average Bonchev–Trinajstić information content (AvgIpc) is 3.34. The van der Waals surface area contributed by atoms with E-state index in [2.05, 4.69) is 20.9 Å². The van der Waals surface area contributed by atoms with E-state index in [1.807, 2.05) is 32.0 Å². The van der Waals surface area contributed by atoms with Crippen LogP contribution in [0, 0.1) is 11.3 Å². The Morgan fingerprint density at radius 2 is 2.10 bits per heavy atom. The molecule has 0 radical (unpaired) electrons. The molecular formula is C22H22N4O4S. The van der Waals surface area contributed by atoms with E-state index in [1.165, 1.54) is 0 Å². The lowest BCUT2D eigenvalue weighted by atomic mass is 10.0. The van der Waals surface area contributed by atoms with Crippen molar-refractivity contribution < 1.29 is 17.7 Å². The van der Waals surface area contributed by atoms with Crippen molar-refractivity contribution in [1.82, 2.24) is 14.9 Å². The number of hydrogen-bond acceptors (Lipinski definition) is 7. The first-order valence-corrected chi connectivity index (χ1v) is 11.8. The third-order valence-electron chi connectivity index (χ3n) is 5.00. The molecule has 31 heavy (non-hydrogen) atoms. The predicted molar refractivity (Wildman–Crippen MR) is 115 cm³/mol. The van der Waals surface area contributed by atoms with E-state index in [0.29, 0.717) is 41.4 Å². The number of aromatic nitrogens is 2. The van der Waals surface area contributed by atoms with E-state index >= 15 is 0 Å². The summed E-state index contributed by atoms with van der Waals surface area (Å²) in [6.07, 6.45) is 2.50. The second-order valence-electron chi connectivity index (χ2n) is 7.77. The zero-order valence-electron chi connectivity index (χ0n) is 17.4. The molecule has 0 bridgehead atoms. The fourth-order valence-electron chi connectivity index (χ4n) is 3.80. The van der Waals surface area contributed by atoms with Gasteiger partial charge in [0.05, 0.1) is 17.9 Å². The number of nitrogens with one attached hydrogen (secondary N) is 1. The van der Waals surface area contributed by atoms with E-state index < -0.39 is 10.0 Å². The lowest BCUT2D eigenvalue weighted by Gasteiger charge is -2.12. The van der Waals surface area contributed by atoms with Gasteiger partial charge in [0.15, 0.2) is 0 Å². The highest BCUT2D eigenvalue weighted by Crippen LogP contribution is 2.37. The van der Waals surface area contributed by atoms with Crippen LogP contribution in [0.15, 0.2) is 40.9 Å². The van der Waals surface area contributed by atoms with Gasteiger partial charge in [0.1, 0.15) is 11.8 Å². The van der Waals surface area contributed by atoms with E-state index in [1.54, 1.807) is 18.2 Å². The Balaban J connectivity index is 1.66. The predicted octanol–water partition coefficient (Wildman–Crippen LogP) is 3.60. The molecule has 2 aromatic carbocycles. The SMILES string of the molecule is CC(C)Oc1ccc(-c2nc(-c3cccc4c3CCC4NS(C)(=O)=O)no2)cc1C#N. The third-order valence-corrected chi connectivity index (χ3v) is 5.72. The van der Waals surface area contributed by atoms with Gasteiger partial charge in [0.25, 0.3) is 5.89 Å². The fourth-order valence-corrected chi connectivity index (χ4v) is 4.56. The smallest absolute Gasteiger partial charge is 0.258 e. The molecule has 0 aliphatic heterocycles. The van der Waals surface area contributed by atoms with E-state index in [4.69, 9.17) is 9.26 Å². The minimum Gasteiger partial charge on any atom is -0.490 e. The molecule has 1 aliphatic rings. The van der Waals surface area contributed by atoms with Gasteiger partial charge >= 0.3 is 0 Å². The summed E-state index contributed by atoms with van der Waals surface area (Å²) >= 11 is 0. The zero-order chi connectivity index (χ0) is 22.2. The highest BCUT2D eigenvalue weighted by molar-refractivity contribution is 7.88. The summed E-state index contributed by atoms with van der Waals surface area (Å²) in [6, 6.07) is 12.7. The maximum absolute atomic E-state index is 11.7. The van der Waals surface area contributed by atoms with Crippen LogP contribution in [0.3, 0.4) is 0 Å². The summed E-state index contributed by atoms with van der Waals surface area (Å²) in [4.78, 5) is 4.53. The van der Waals surface area contributed by atoms with Crippen molar-refractivity contribution >= 4 is 10.0 Å². The molecule has 1 N–H and O–H groups in total. The molecule has 1 heterocycles. The average molecular weight is 439 g/mol. The number of rotatable bonds is 6. The molecule has 1 unspecified atom stereocenters. The van der Waals surface area contributed by atoms with Crippen LogP contribution in [0.2, 0.25) is 0 Å². The van der Waals surface area contributed by atoms with Crippen molar-refractivity contribution in [3.63, 3.8) is 0 Å². The molecule has 1 aromatic heterocycles. The molecule has 9 heteroatoms. The Hall–Kier alpha value is -3.22. The Labute approximate surface area is 180 Å². The molecule has 0 saturated heterocycles. The third kappa shape index (κ3) is 4.45. The van der Waals surface area contributed by atoms with Gasteiger partial charge in [0.2, 0.25) is 15.8 Å². The largest absolute Gasteiger partial charge is 0.490 e. The Kier molecular flexibility index (Phi) is 5.52. The zero-order valence-corrected chi connectivity index (χ0v) is 18.2. The van der Waals surface area contributed by atoms with Gasteiger partial charge in [-0.25, -0.2) is 13.1 Å². The van der Waals surface area contributed by atoms with E-state index in [9.17, 15) is 13.7 Å². The monoisotopic (exact) mass is 438 g/mol. The minimum absolute atomic E-state index is 0.0471. The molecular weight excluding hydrogens is 416 g/mol. The van der Waals surface area contributed by atoms with Crippen LogP contribution < -0.4 is 9.46 Å². The summed E-state index contributed by atoms with van der Waals surface area (Å²) in [5, 5.41) is 13.6. The van der Waals surface area contributed by atoms with Crippen LogP contribution in [-0.4, -0.2) is 30.9 Å². The fraction of sp³-hybridized carbons (Fsp3) is 0.318. The molecule has 1 atom stereocenters. The van der Waals surface area contributed by atoms with Crippen molar-refractivity contribution in [2.24, 2.45) is 0 Å². The quantitative estimate of drug-likeness (QED) is 0.625. The Morgan fingerprint density at radius 3 is 2.81 bits per heavy atom. The molecule has 1 aliphatic carbocycles. The number of hydrogen-bond donors (Lipinski definition) is 1. The first-order valence-electron chi connectivity index (χ1n) is 9.89. The first-order chi connectivity index (χ1) is 14.7. The number of fused-ring (bicyclic) bond motifs is 1. The number of ether oxygens (including phenoxy) is 1. The highest BCUT2D eigenvalue weighted by atomic mass is 32.2. The summed E-state index contributed by atoms with van der Waals surface area (Å²) in [5.41, 5.74) is 3.76. The lowest BCUT2D eigenvalue weighted by Crippen LogP contribution is -2.25. The molecule has 3 aromatic rings. The molecule has 0 amide bonds. The van der Waals surface area contributed by atoms with Gasteiger partial charge in [0, 0.05) is 17.2 Å². The molecule has 0 saturated carbocycles. The van der Waals surface area contributed by atoms with Crippen molar-refractivity contribution in [2.75, 3.05) is 6.26 Å². The van der Waals surface area contributed by atoms with E-state index in [0.717, 1.165) is 22.9 Å². The van der Waals surface area contributed by atoms with E-state index in [-0.39, 0.29) is 12.1 Å². The Bertz CT molecular complexity index is 1270. The van der Waals surface area contributed by atoms with Crippen LogP contribution in [0.4, 0.5) is 0 Å². The molecule has 0 fully saturated rings. The molecule has 8 nitrogen and oxygen atoms in total. The summed E-state index contributed by atoms with van der Waals surface area (Å²) in [6.45, 7) is 3.79. The van der Waals surface area contributed by atoms with Crippen LogP contribution in [0.25, 0.3) is 22.8 Å². The lowest BCUT2D eigenvalue weighted by molar-refractivity contribution is 0.241. The van der Waals surface area contributed by atoms with Gasteiger partial charge in [-0.3, -0.25) is 0 Å². The summed E-state index contributed by atoms with van der Waals surface area (Å²) < 4.78 is 37.1. The minimum atomic E-state index is -3.31. The van der Waals surface area contributed by atoms with Crippen molar-refractivity contribution in [3.8, 4) is 34.7 Å². The van der Waals surface area contributed by atoms with Crippen LogP contribution in [-0.2, 0) is 16.4 Å². The highest BCUT2D eigenvalue weighted by Gasteiger charge is 2.28. The number of sulfonamides is 1. The van der Waals surface area contributed by atoms with Gasteiger partial charge < -0.3 is 9.26 Å². The summed E-state index contributed by atoms with van der Waals surface area (Å²) in [7, 11) is -3.31. The maximum atomic E-state index is 11.7. The summed E-state index contributed by atoms with van der Waals surface area (Å²) in [5.74, 6) is 1.23. The molecule has 0 spiro atoms. The number of benzene rings is 2. The van der Waals surface area contributed by atoms with Crippen molar-refractivity contribution in [2.45, 2.75) is 38.8 Å². The second kappa shape index (κ2) is 8.13. The van der Waals surface area contributed by atoms with Crippen LogP contribution in [0.5, 0.6) is 5.75 Å².